The van der Waals surface area contributed by atoms with E-state index < -0.39 is 0 Å². The lowest BCUT2D eigenvalue weighted by Gasteiger charge is -2.02. The van der Waals surface area contributed by atoms with E-state index >= 15 is 0 Å². The van der Waals surface area contributed by atoms with Crippen molar-refractivity contribution >= 4 is 18.0 Å². The van der Waals surface area contributed by atoms with Gasteiger partial charge in [0.2, 0.25) is 5.16 Å². The summed E-state index contributed by atoms with van der Waals surface area (Å²) in [6, 6.07) is 16.0. The number of thioether (sulfide) groups is 1. The van der Waals surface area contributed by atoms with Gasteiger partial charge in [0.15, 0.2) is 5.82 Å². The van der Waals surface area contributed by atoms with Gasteiger partial charge < -0.3 is 0 Å². The third-order valence-electron chi connectivity index (χ3n) is 2.97. The Morgan fingerprint density at radius 2 is 1.91 bits per heavy atom. The van der Waals surface area contributed by atoms with Gasteiger partial charge in [0.05, 0.1) is 11.9 Å². The number of hydrogen-bond acceptors (Lipinski definition) is 5. The zero-order valence-electron chi connectivity index (χ0n) is 12.1. The summed E-state index contributed by atoms with van der Waals surface area (Å²) in [6.45, 7) is 1.88. The van der Waals surface area contributed by atoms with E-state index in [0.29, 0.717) is 0 Å². The zero-order valence-corrected chi connectivity index (χ0v) is 12.9. The molecule has 0 spiro atoms. The van der Waals surface area contributed by atoms with Crippen LogP contribution >= 0.6 is 11.8 Å². The molecule has 0 aliphatic heterocycles. The maximum atomic E-state index is 4.43. The molecule has 110 valence electrons. The first-order valence-corrected chi connectivity index (χ1v) is 7.85. The SMILES string of the molecule is Cc1nnc(SCc2ccccc2)n1/N=C\c1ccccn1. The summed E-state index contributed by atoms with van der Waals surface area (Å²) in [7, 11) is 0. The van der Waals surface area contributed by atoms with Gasteiger partial charge in [-0.05, 0) is 24.6 Å². The minimum Gasteiger partial charge on any atom is -0.255 e. The molecular weight excluding hydrogens is 294 g/mol. The van der Waals surface area contributed by atoms with Crippen molar-refractivity contribution in [3.05, 3.63) is 71.8 Å². The molecule has 0 saturated carbocycles. The Balaban J connectivity index is 1.75. The van der Waals surface area contributed by atoms with Crippen LogP contribution in [0.15, 0.2) is 65.0 Å². The van der Waals surface area contributed by atoms with Crippen molar-refractivity contribution < 1.29 is 0 Å². The number of pyridine rings is 1. The molecule has 0 unspecified atom stereocenters. The number of nitrogens with zero attached hydrogens (tertiary/aromatic N) is 5. The van der Waals surface area contributed by atoms with Crippen LogP contribution in [0.4, 0.5) is 0 Å². The van der Waals surface area contributed by atoms with Crippen molar-refractivity contribution in [2.75, 3.05) is 0 Å². The first-order valence-electron chi connectivity index (χ1n) is 6.87. The molecule has 1 aromatic carbocycles. The van der Waals surface area contributed by atoms with Crippen molar-refractivity contribution in [3.8, 4) is 0 Å². The first-order chi connectivity index (χ1) is 10.8. The predicted octanol–water partition coefficient (Wildman–Crippen LogP) is 3.16. The summed E-state index contributed by atoms with van der Waals surface area (Å²) in [5.41, 5.74) is 2.04. The van der Waals surface area contributed by atoms with Gasteiger partial charge in [-0.1, -0.05) is 48.2 Å². The maximum Gasteiger partial charge on any atom is 0.212 e. The lowest BCUT2D eigenvalue weighted by Crippen LogP contribution is -1.97. The van der Waals surface area contributed by atoms with Gasteiger partial charge in [-0.15, -0.1) is 10.2 Å². The Bertz CT molecular complexity index is 753. The summed E-state index contributed by atoms with van der Waals surface area (Å²) >= 11 is 1.61. The van der Waals surface area contributed by atoms with E-state index in [9.17, 15) is 0 Å². The highest BCUT2D eigenvalue weighted by Gasteiger charge is 2.08. The summed E-state index contributed by atoms with van der Waals surface area (Å²) in [4.78, 5) is 4.22. The van der Waals surface area contributed by atoms with Gasteiger partial charge in [0.25, 0.3) is 0 Å². The normalized spacial score (nSPS) is 11.1. The highest BCUT2D eigenvalue weighted by Crippen LogP contribution is 2.21. The minimum atomic E-state index is 0.753. The molecule has 3 rings (SSSR count). The number of hydrogen-bond donors (Lipinski definition) is 0. The Morgan fingerprint density at radius 1 is 1.09 bits per heavy atom. The molecule has 0 atom stereocenters. The fraction of sp³-hybridized carbons (Fsp3) is 0.125. The summed E-state index contributed by atoms with van der Waals surface area (Å²) < 4.78 is 1.74. The van der Waals surface area contributed by atoms with Crippen LogP contribution in [0.5, 0.6) is 0 Å². The molecule has 0 N–H and O–H groups in total. The standard InChI is InChI=1S/C16H15N5S/c1-13-19-20-16(22-12-14-7-3-2-4-8-14)21(13)18-11-15-9-5-6-10-17-15/h2-11H,12H2,1H3/b18-11-. The van der Waals surface area contributed by atoms with E-state index in [1.54, 1.807) is 28.8 Å². The molecule has 6 heteroatoms. The summed E-state index contributed by atoms with van der Waals surface area (Å²) in [5, 5.41) is 13.5. The molecule has 2 aromatic heterocycles. The molecule has 0 fully saturated rings. The number of rotatable bonds is 5. The minimum absolute atomic E-state index is 0.753. The fourth-order valence-electron chi connectivity index (χ4n) is 1.85. The fourth-order valence-corrected chi connectivity index (χ4v) is 2.74. The average Bonchev–Trinajstić information content (AvgIpc) is 2.93. The van der Waals surface area contributed by atoms with E-state index in [0.717, 1.165) is 22.4 Å². The van der Waals surface area contributed by atoms with Crippen molar-refractivity contribution in [2.24, 2.45) is 5.10 Å². The molecule has 0 saturated heterocycles. The molecule has 3 aromatic rings. The van der Waals surface area contributed by atoms with E-state index in [4.69, 9.17) is 0 Å². The van der Waals surface area contributed by atoms with Crippen LogP contribution in [0.3, 0.4) is 0 Å². The highest BCUT2D eigenvalue weighted by atomic mass is 32.2. The van der Waals surface area contributed by atoms with Gasteiger partial charge in [-0.2, -0.15) is 9.78 Å². The topological polar surface area (TPSA) is 56.0 Å². The van der Waals surface area contributed by atoms with Crippen LogP contribution in [-0.2, 0) is 5.75 Å². The number of benzene rings is 1. The Hall–Kier alpha value is -2.47. The second-order valence-electron chi connectivity index (χ2n) is 4.62. The average molecular weight is 309 g/mol. The first kappa shape index (κ1) is 14.5. The van der Waals surface area contributed by atoms with Crippen molar-refractivity contribution in [1.82, 2.24) is 19.9 Å². The Morgan fingerprint density at radius 3 is 2.68 bits per heavy atom. The number of aryl methyl sites for hydroxylation is 1. The van der Waals surface area contributed by atoms with Gasteiger partial charge in [0, 0.05) is 11.9 Å². The van der Waals surface area contributed by atoms with Crippen LogP contribution in [0.1, 0.15) is 17.1 Å². The molecular formula is C16H15N5S. The van der Waals surface area contributed by atoms with Gasteiger partial charge in [0.1, 0.15) is 0 Å². The van der Waals surface area contributed by atoms with Crippen molar-refractivity contribution in [1.29, 1.82) is 0 Å². The van der Waals surface area contributed by atoms with Crippen molar-refractivity contribution in [2.45, 2.75) is 17.8 Å². The van der Waals surface area contributed by atoms with Crippen LogP contribution in [0.25, 0.3) is 0 Å². The lowest BCUT2D eigenvalue weighted by atomic mass is 10.2. The molecule has 0 aliphatic rings. The summed E-state index contributed by atoms with van der Waals surface area (Å²) in [5.74, 6) is 1.58. The van der Waals surface area contributed by atoms with Gasteiger partial charge >= 0.3 is 0 Å². The van der Waals surface area contributed by atoms with Crippen LogP contribution in [0, 0.1) is 6.92 Å². The van der Waals surface area contributed by atoms with E-state index in [2.05, 4.69) is 32.4 Å². The molecule has 0 radical (unpaired) electrons. The quantitative estimate of drug-likeness (QED) is 0.536. The molecule has 2 heterocycles. The molecule has 22 heavy (non-hydrogen) atoms. The van der Waals surface area contributed by atoms with E-state index in [1.165, 1.54) is 5.56 Å². The molecule has 0 amide bonds. The summed E-state index contributed by atoms with van der Waals surface area (Å²) in [6.07, 6.45) is 3.45. The lowest BCUT2D eigenvalue weighted by molar-refractivity contribution is 0.743. The predicted molar refractivity (Wildman–Crippen MR) is 88.0 cm³/mol. The van der Waals surface area contributed by atoms with Crippen LogP contribution < -0.4 is 0 Å². The molecule has 0 bridgehead atoms. The molecule has 5 nitrogen and oxygen atoms in total. The zero-order chi connectivity index (χ0) is 15.2. The Kier molecular flexibility index (Phi) is 4.60. The maximum absolute atomic E-state index is 4.43. The monoisotopic (exact) mass is 309 g/mol. The second-order valence-corrected chi connectivity index (χ2v) is 5.56. The highest BCUT2D eigenvalue weighted by molar-refractivity contribution is 7.98. The van der Waals surface area contributed by atoms with E-state index in [1.807, 2.05) is 43.3 Å². The number of aromatic nitrogens is 4. The second kappa shape index (κ2) is 7.00. The third kappa shape index (κ3) is 3.59. The van der Waals surface area contributed by atoms with Crippen molar-refractivity contribution in [3.63, 3.8) is 0 Å². The van der Waals surface area contributed by atoms with E-state index in [-0.39, 0.29) is 0 Å². The van der Waals surface area contributed by atoms with Crippen LogP contribution in [-0.4, -0.2) is 26.1 Å². The third-order valence-corrected chi connectivity index (χ3v) is 3.96. The van der Waals surface area contributed by atoms with Gasteiger partial charge in [-0.3, -0.25) is 4.98 Å². The Labute approximate surface area is 133 Å². The smallest absolute Gasteiger partial charge is 0.212 e. The van der Waals surface area contributed by atoms with Gasteiger partial charge in [-0.25, -0.2) is 0 Å². The molecule has 0 aliphatic carbocycles. The largest absolute Gasteiger partial charge is 0.255 e. The van der Waals surface area contributed by atoms with Crippen LogP contribution in [0.2, 0.25) is 0 Å².